The van der Waals surface area contributed by atoms with Crippen molar-refractivity contribution in [2.75, 3.05) is 19.7 Å². The van der Waals surface area contributed by atoms with Crippen molar-refractivity contribution in [1.82, 2.24) is 10.2 Å². The fraction of sp³-hybridized carbons (Fsp3) is 0.364. The molecule has 1 aliphatic rings. The van der Waals surface area contributed by atoms with Crippen LogP contribution in [0.4, 0.5) is 13.2 Å². The van der Waals surface area contributed by atoms with Crippen LogP contribution in [0.15, 0.2) is 54.6 Å². The molecule has 2 amide bonds. The number of hydrogen-bond acceptors (Lipinski definition) is 4. The number of amides is 2. The predicted molar refractivity (Wildman–Crippen MR) is 116 cm³/mol. The maximum absolute atomic E-state index is 13.0. The molecule has 0 bridgehead atoms. The molecular weight excluding hydrogens is 476 g/mol. The van der Waals surface area contributed by atoms with Crippen LogP contribution in [0.3, 0.4) is 0 Å². The number of nitrogens with zero attached hydrogens (tertiary/aromatic N) is 1. The minimum absolute atomic E-state index is 0.0463. The van der Waals surface area contributed by atoms with E-state index in [1.165, 1.54) is 29.2 Å². The SMILES string of the molecule is O=C(NC(COP(=O)(O)O)C(=O)N1CCC(c2ccc(C(F)(F)F)cc2)CC1)c1ccccc1. The number of carbonyl (C=O) groups is 2. The molecule has 1 heterocycles. The summed E-state index contributed by atoms with van der Waals surface area (Å²) in [6.07, 6.45) is -3.45. The predicted octanol–water partition coefficient (Wildman–Crippen LogP) is 3.32. The van der Waals surface area contributed by atoms with Crippen LogP contribution in [0.1, 0.15) is 40.2 Å². The highest BCUT2D eigenvalue weighted by Gasteiger charge is 2.33. The van der Waals surface area contributed by atoms with Crippen molar-refractivity contribution < 1.29 is 41.6 Å². The van der Waals surface area contributed by atoms with Gasteiger partial charge >= 0.3 is 14.0 Å². The average molecular weight is 500 g/mol. The van der Waals surface area contributed by atoms with Crippen LogP contribution >= 0.6 is 7.82 Å². The lowest BCUT2D eigenvalue weighted by molar-refractivity contribution is -0.137. The topological polar surface area (TPSA) is 116 Å². The number of rotatable bonds is 7. The van der Waals surface area contributed by atoms with Gasteiger partial charge < -0.3 is 20.0 Å². The zero-order valence-corrected chi connectivity index (χ0v) is 18.8. The van der Waals surface area contributed by atoms with Gasteiger partial charge in [-0.15, -0.1) is 0 Å². The third-order valence-electron chi connectivity index (χ3n) is 5.56. The molecule has 12 heteroatoms. The smallest absolute Gasteiger partial charge is 0.341 e. The molecule has 34 heavy (non-hydrogen) atoms. The summed E-state index contributed by atoms with van der Waals surface area (Å²) in [5.41, 5.74) is 0.266. The molecule has 1 unspecified atom stereocenters. The molecule has 1 saturated heterocycles. The first kappa shape index (κ1) is 25.9. The number of nitrogens with one attached hydrogen (secondary N) is 1. The molecule has 2 aromatic carbocycles. The van der Waals surface area contributed by atoms with Gasteiger partial charge in [0.2, 0.25) is 5.91 Å². The molecule has 2 aromatic rings. The molecule has 0 saturated carbocycles. The van der Waals surface area contributed by atoms with E-state index in [1.807, 2.05) is 0 Å². The van der Waals surface area contributed by atoms with Gasteiger partial charge in [0.25, 0.3) is 5.91 Å². The number of piperidine rings is 1. The van der Waals surface area contributed by atoms with Crippen molar-refractivity contribution in [1.29, 1.82) is 0 Å². The highest BCUT2D eigenvalue weighted by Crippen LogP contribution is 2.36. The molecule has 1 aliphatic heterocycles. The van der Waals surface area contributed by atoms with E-state index < -0.39 is 44.0 Å². The Morgan fingerprint density at radius 3 is 2.18 bits per heavy atom. The molecule has 8 nitrogen and oxygen atoms in total. The van der Waals surface area contributed by atoms with Crippen molar-refractivity contribution in [2.45, 2.75) is 31.0 Å². The summed E-state index contributed by atoms with van der Waals surface area (Å²) in [6, 6.07) is 11.6. The second-order valence-corrected chi connectivity index (χ2v) is 9.14. The van der Waals surface area contributed by atoms with Gasteiger partial charge in [0.15, 0.2) is 0 Å². The van der Waals surface area contributed by atoms with E-state index in [4.69, 9.17) is 9.79 Å². The summed E-state index contributed by atoms with van der Waals surface area (Å²) in [6.45, 7) is -0.198. The Labute approximate surface area is 194 Å². The van der Waals surface area contributed by atoms with Gasteiger partial charge in [-0.05, 0) is 48.6 Å². The Kier molecular flexibility index (Phi) is 8.14. The van der Waals surface area contributed by atoms with Crippen molar-refractivity contribution in [3.8, 4) is 0 Å². The number of carbonyl (C=O) groups excluding carboxylic acids is 2. The van der Waals surface area contributed by atoms with Crippen LogP contribution in [0.5, 0.6) is 0 Å². The van der Waals surface area contributed by atoms with Crippen molar-refractivity contribution >= 4 is 19.6 Å². The molecule has 1 fully saturated rings. The number of benzene rings is 2. The third kappa shape index (κ3) is 7.14. The van der Waals surface area contributed by atoms with Crippen molar-refractivity contribution in [3.05, 3.63) is 71.3 Å². The lowest BCUT2D eigenvalue weighted by Gasteiger charge is -2.34. The van der Waals surface area contributed by atoms with E-state index in [-0.39, 0.29) is 24.6 Å². The van der Waals surface area contributed by atoms with Crippen LogP contribution in [-0.2, 0) is 20.1 Å². The quantitative estimate of drug-likeness (QED) is 0.503. The number of halogens is 3. The maximum atomic E-state index is 13.0. The number of phosphoric acid groups is 1. The highest BCUT2D eigenvalue weighted by molar-refractivity contribution is 7.46. The molecule has 3 N–H and O–H groups in total. The number of phosphoric ester groups is 1. The Hall–Kier alpha value is -2.72. The van der Waals surface area contributed by atoms with Crippen molar-refractivity contribution in [2.24, 2.45) is 0 Å². The van der Waals surface area contributed by atoms with Crippen LogP contribution < -0.4 is 5.32 Å². The summed E-state index contributed by atoms with van der Waals surface area (Å²) in [4.78, 5) is 45.0. The Bertz CT molecular complexity index is 1030. The molecule has 3 rings (SSSR count). The largest absolute Gasteiger partial charge is 0.469 e. The van der Waals surface area contributed by atoms with Crippen LogP contribution in [-0.4, -0.2) is 52.2 Å². The summed E-state index contributed by atoms with van der Waals surface area (Å²) in [5, 5.41) is 2.46. The average Bonchev–Trinajstić information content (AvgIpc) is 2.81. The van der Waals surface area contributed by atoms with Gasteiger partial charge in [-0.3, -0.25) is 14.1 Å². The monoisotopic (exact) mass is 500 g/mol. The Morgan fingerprint density at radius 2 is 1.65 bits per heavy atom. The van der Waals surface area contributed by atoms with Gasteiger partial charge in [-0.1, -0.05) is 30.3 Å². The third-order valence-corrected chi connectivity index (χ3v) is 6.05. The lowest BCUT2D eigenvalue weighted by atomic mass is 9.88. The number of likely N-dealkylation sites (tertiary alicyclic amines) is 1. The zero-order chi connectivity index (χ0) is 24.9. The summed E-state index contributed by atoms with van der Waals surface area (Å²) < 4.78 is 54.0. The van der Waals surface area contributed by atoms with E-state index in [1.54, 1.807) is 18.2 Å². The first-order valence-electron chi connectivity index (χ1n) is 10.5. The van der Waals surface area contributed by atoms with Crippen LogP contribution in [0.25, 0.3) is 0 Å². The van der Waals surface area contributed by atoms with Gasteiger partial charge in [0, 0.05) is 18.7 Å². The van der Waals surface area contributed by atoms with E-state index in [9.17, 15) is 27.3 Å². The summed E-state index contributed by atoms with van der Waals surface area (Å²) in [7, 11) is -4.88. The Balaban J connectivity index is 1.64. The normalized spacial score (nSPS) is 16.2. The minimum Gasteiger partial charge on any atom is -0.341 e. The fourth-order valence-corrected chi connectivity index (χ4v) is 4.12. The van der Waals surface area contributed by atoms with E-state index in [0.717, 1.165) is 17.7 Å². The number of hydrogen-bond donors (Lipinski definition) is 3. The number of alkyl halides is 3. The first-order chi connectivity index (χ1) is 15.9. The molecule has 0 spiro atoms. The maximum Gasteiger partial charge on any atom is 0.469 e. The fourth-order valence-electron chi connectivity index (χ4n) is 3.78. The summed E-state index contributed by atoms with van der Waals surface area (Å²) in [5.74, 6) is -1.22. The molecule has 0 radical (unpaired) electrons. The second-order valence-electron chi connectivity index (χ2n) is 7.90. The van der Waals surface area contributed by atoms with E-state index in [2.05, 4.69) is 9.84 Å². The van der Waals surface area contributed by atoms with Crippen molar-refractivity contribution in [3.63, 3.8) is 0 Å². The van der Waals surface area contributed by atoms with E-state index >= 15 is 0 Å². The van der Waals surface area contributed by atoms with Gasteiger partial charge in [-0.2, -0.15) is 13.2 Å². The van der Waals surface area contributed by atoms with Gasteiger partial charge in [0.05, 0.1) is 12.2 Å². The first-order valence-corrected chi connectivity index (χ1v) is 12.0. The lowest BCUT2D eigenvalue weighted by Crippen LogP contribution is -2.52. The molecule has 0 aliphatic carbocycles. The van der Waals surface area contributed by atoms with Gasteiger partial charge in [0.1, 0.15) is 6.04 Å². The highest BCUT2D eigenvalue weighted by atomic mass is 31.2. The molecule has 0 aromatic heterocycles. The molecule has 1 atom stereocenters. The van der Waals surface area contributed by atoms with Crippen LogP contribution in [0.2, 0.25) is 0 Å². The van der Waals surface area contributed by atoms with E-state index in [0.29, 0.717) is 12.8 Å². The second kappa shape index (κ2) is 10.7. The molecular formula is C22H24F3N2O6P. The zero-order valence-electron chi connectivity index (χ0n) is 17.9. The van der Waals surface area contributed by atoms with Crippen LogP contribution in [0, 0.1) is 0 Å². The molecule has 184 valence electrons. The minimum atomic E-state index is -4.88. The summed E-state index contributed by atoms with van der Waals surface area (Å²) >= 11 is 0. The standard InChI is InChI=1S/C22H24F3N2O6P/c23-22(24,25)18-8-6-15(7-9-18)16-10-12-27(13-11-16)21(29)19(14-33-34(30,31)32)26-20(28)17-4-2-1-3-5-17/h1-9,16,19H,10-14H2,(H,26,28)(H2,30,31,32). The van der Waals surface area contributed by atoms with Gasteiger partial charge in [-0.25, -0.2) is 4.57 Å². The Morgan fingerprint density at radius 1 is 1.06 bits per heavy atom.